The molecule has 0 saturated carbocycles. The highest BCUT2D eigenvalue weighted by atomic mass is 16.5. The van der Waals surface area contributed by atoms with E-state index in [9.17, 15) is 0 Å². The zero-order valence-corrected chi connectivity index (χ0v) is 11.9. The summed E-state index contributed by atoms with van der Waals surface area (Å²) in [5, 5.41) is 2.97. The highest BCUT2D eigenvalue weighted by Crippen LogP contribution is 2.19. The fourth-order valence-electron chi connectivity index (χ4n) is 2.13. The summed E-state index contributed by atoms with van der Waals surface area (Å²) in [5.41, 5.74) is 0. The van der Waals surface area contributed by atoms with Crippen molar-refractivity contribution in [3.8, 4) is 6.01 Å². The summed E-state index contributed by atoms with van der Waals surface area (Å²) < 4.78 is 5.53. The van der Waals surface area contributed by atoms with Gasteiger partial charge in [-0.3, -0.25) is 0 Å². The largest absolute Gasteiger partial charge is 0.463 e. The molecular weight excluding hydrogens is 242 g/mol. The SMILES string of the molecule is CCCOc1nc(NC)nc(N2CCCCCC2)n1. The van der Waals surface area contributed by atoms with E-state index in [-0.39, 0.29) is 0 Å². The lowest BCUT2D eigenvalue weighted by atomic mass is 10.2. The Hall–Kier alpha value is -1.59. The van der Waals surface area contributed by atoms with E-state index in [0.29, 0.717) is 18.6 Å². The van der Waals surface area contributed by atoms with Gasteiger partial charge in [0.05, 0.1) is 6.61 Å². The smallest absolute Gasteiger partial charge is 0.323 e. The standard InChI is InChI=1S/C13H23N5O/c1-3-10-19-13-16-11(14-2)15-12(17-13)18-8-6-4-5-7-9-18/h3-10H2,1-2H3,(H,14,15,16,17). The summed E-state index contributed by atoms with van der Waals surface area (Å²) in [5.74, 6) is 1.30. The molecule has 0 atom stereocenters. The minimum absolute atomic E-state index is 0.417. The molecule has 1 saturated heterocycles. The third kappa shape index (κ3) is 3.94. The molecule has 6 heteroatoms. The van der Waals surface area contributed by atoms with Crippen LogP contribution >= 0.6 is 0 Å². The van der Waals surface area contributed by atoms with Gasteiger partial charge >= 0.3 is 6.01 Å². The molecule has 1 fully saturated rings. The Balaban J connectivity index is 2.17. The van der Waals surface area contributed by atoms with Crippen LogP contribution in [-0.4, -0.2) is 41.7 Å². The number of hydrogen-bond acceptors (Lipinski definition) is 6. The molecule has 0 aliphatic carbocycles. The molecule has 106 valence electrons. The van der Waals surface area contributed by atoms with Crippen molar-refractivity contribution in [3.05, 3.63) is 0 Å². The van der Waals surface area contributed by atoms with Gasteiger partial charge in [0.15, 0.2) is 0 Å². The molecule has 19 heavy (non-hydrogen) atoms. The van der Waals surface area contributed by atoms with Gasteiger partial charge in [0, 0.05) is 20.1 Å². The Morgan fingerprint density at radius 2 is 1.84 bits per heavy atom. The number of ether oxygens (including phenoxy) is 1. The molecule has 0 unspecified atom stereocenters. The molecule has 1 aromatic rings. The van der Waals surface area contributed by atoms with Crippen molar-refractivity contribution in [2.24, 2.45) is 0 Å². The Kier molecular flexibility index (Phi) is 5.18. The summed E-state index contributed by atoms with van der Waals surface area (Å²) in [7, 11) is 1.81. The lowest BCUT2D eigenvalue weighted by Crippen LogP contribution is -2.26. The van der Waals surface area contributed by atoms with Crippen molar-refractivity contribution >= 4 is 11.9 Å². The van der Waals surface area contributed by atoms with E-state index >= 15 is 0 Å². The maximum atomic E-state index is 5.53. The van der Waals surface area contributed by atoms with E-state index in [4.69, 9.17) is 4.74 Å². The van der Waals surface area contributed by atoms with Gasteiger partial charge in [0.25, 0.3) is 0 Å². The zero-order chi connectivity index (χ0) is 13.5. The number of anilines is 2. The molecule has 6 nitrogen and oxygen atoms in total. The van der Waals surface area contributed by atoms with Crippen LogP contribution < -0.4 is 15.0 Å². The van der Waals surface area contributed by atoms with Crippen LogP contribution in [0.15, 0.2) is 0 Å². The molecule has 0 radical (unpaired) electrons. The predicted molar refractivity (Wildman–Crippen MR) is 75.8 cm³/mol. The summed E-state index contributed by atoms with van der Waals surface area (Å²) in [6, 6.07) is 0.417. The third-order valence-electron chi connectivity index (χ3n) is 3.15. The summed E-state index contributed by atoms with van der Waals surface area (Å²) in [4.78, 5) is 15.3. The quantitative estimate of drug-likeness (QED) is 0.879. The first-order chi connectivity index (χ1) is 9.33. The van der Waals surface area contributed by atoms with Crippen LogP contribution in [0.5, 0.6) is 6.01 Å². The van der Waals surface area contributed by atoms with E-state index in [2.05, 4.69) is 32.1 Å². The molecule has 1 aliphatic rings. The lowest BCUT2D eigenvalue weighted by Gasteiger charge is -2.20. The molecule has 2 heterocycles. The third-order valence-corrected chi connectivity index (χ3v) is 3.15. The normalized spacial score (nSPS) is 16.0. The van der Waals surface area contributed by atoms with Crippen molar-refractivity contribution in [3.63, 3.8) is 0 Å². The Bertz CT molecular complexity index is 391. The number of hydrogen-bond donors (Lipinski definition) is 1. The summed E-state index contributed by atoms with van der Waals surface area (Å²) >= 11 is 0. The number of nitrogens with one attached hydrogen (secondary N) is 1. The predicted octanol–water partition coefficient (Wildman–Crippen LogP) is 2.08. The van der Waals surface area contributed by atoms with Crippen molar-refractivity contribution in [2.75, 3.05) is 37.0 Å². The topological polar surface area (TPSA) is 63.2 Å². The van der Waals surface area contributed by atoms with E-state index in [1.165, 1.54) is 25.7 Å². The van der Waals surface area contributed by atoms with Crippen molar-refractivity contribution < 1.29 is 4.74 Å². The first-order valence-electron chi connectivity index (χ1n) is 7.15. The van der Waals surface area contributed by atoms with Gasteiger partial charge in [-0.05, 0) is 19.3 Å². The van der Waals surface area contributed by atoms with Crippen LogP contribution in [0.25, 0.3) is 0 Å². The minimum Gasteiger partial charge on any atom is -0.463 e. The highest BCUT2D eigenvalue weighted by Gasteiger charge is 2.15. The van der Waals surface area contributed by atoms with Crippen molar-refractivity contribution in [2.45, 2.75) is 39.0 Å². The van der Waals surface area contributed by atoms with Crippen LogP contribution in [0.1, 0.15) is 39.0 Å². The monoisotopic (exact) mass is 265 g/mol. The van der Waals surface area contributed by atoms with Crippen LogP contribution in [-0.2, 0) is 0 Å². The average Bonchev–Trinajstić information content (AvgIpc) is 2.73. The van der Waals surface area contributed by atoms with Crippen LogP contribution in [0.3, 0.4) is 0 Å². The fourth-order valence-corrected chi connectivity index (χ4v) is 2.13. The van der Waals surface area contributed by atoms with Gasteiger partial charge in [-0.25, -0.2) is 0 Å². The highest BCUT2D eigenvalue weighted by molar-refractivity contribution is 5.38. The Morgan fingerprint density at radius 3 is 2.47 bits per heavy atom. The maximum absolute atomic E-state index is 5.53. The Labute approximate surface area is 114 Å². The lowest BCUT2D eigenvalue weighted by molar-refractivity contribution is 0.292. The first kappa shape index (κ1) is 13.8. The van der Waals surface area contributed by atoms with Gasteiger partial charge in [0.2, 0.25) is 11.9 Å². The fraction of sp³-hybridized carbons (Fsp3) is 0.769. The second kappa shape index (κ2) is 7.11. The molecule has 1 aromatic heterocycles. The second-order valence-electron chi connectivity index (χ2n) is 4.74. The number of aromatic nitrogens is 3. The summed E-state index contributed by atoms with van der Waals surface area (Å²) in [6.07, 6.45) is 5.93. The van der Waals surface area contributed by atoms with Gasteiger partial charge in [-0.1, -0.05) is 19.8 Å². The van der Waals surface area contributed by atoms with Crippen LogP contribution in [0, 0.1) is 0 Å². The molecule has 0 aromatic carbocycles. The maximum Gasteiger partial charge on any atom is 0.323 e. The summed E-state index contributed by atoms with van der Waals surface area (Å²) in [6.45, 7) is 4.73. The van der Waals surface area contributed by atoms with Gasteiger partial charge in [-0.15, -0.1) is 0 Å². The second-order valence-corrected chi connectivity index (χ2v) is 4.74. The molecule has 1 aliphatic heterocycles. The Morgan fingerprint density at radius 1 is 1.11 bits per heavy atom. The number of nitrogens with zero attached hydrogens (tertiary/aromatic N) is 4. The molecule has 0 amide bonds. The molecule has 0 spiro atoms. The van der Waals surface area contributed by atoms with Crippen molar-refractivity contribution in [1.82, 2.24) is 15.0 Å². The van der Waals surface area contributed by atoms with Crippen molar-refractivity contribution in [1.29, 1.82) is 0 Å². The molecule has 2 rings (SSSR count). The van der Waals surface area contributed by atoms with E-state index < -0.39 is 0 Å². The molecule has 0 bridgehead atoms. The van der Waals surface area contributed by atoms with E-state index in [0.717, 1.165) is 25.5 Å². The zero-order valence-electron chi connectivity index (χ0n) is 11.9. The van der Waals surface area contributed by atoms with Crippen LogP contribution in [0.2, 0.25) is 0 Å². The van der Waals surface area contributed by atoms with E-state index in [1.54, 1.807) is 0 Å². The molecular formula is C13H23N5O. The van der Waals surface area contributed by atoms with Gasteiger partial charge in [-0.2, -0.15) is 15.0 Å². The first-order valence-corrected chi connectivity index (χ1v) is 7.15. The molecule has 1 N–H and O–H groups in total. The number of rotatable bonds is 5. The average molecular weight is 265 g/mol. The van der Waals surface area contributed by atoms with Gasteiger partial charge < -0.3 is 15.0 Å². The van der Waals surface area contributed by atoms with Gasteiger partial charge in [0.1, 0.15) is 0 Å². The minimum atomic E-state index is 0.417. The van der Waals surface area contributed by atoms with Crippen LogP contribution in [0.4, 0.5) is 11.9 Å². The van der Waals surface area contributed by atoms with E-state index in [1.807, 2.05) is 7.05 Å².